The number of rotatable bonds is 2. The molecule has 0 aromatic carbocycles. The summed E-state index contributed by atoms with van der Waals surface area (Å²) in [6, 6.07) is 1.25. The van der Waals surface area contributed by atoms with E-state index < -0.39 is 6.04 Å². The van der Waals surface area contributed by atoms with Gasteiger partial charge in [-0.2, -0.15) is 5.10 Å². The third-order valence-electron chi connectivity index (χ3n) is 3.02. The van der Waals surface area contributed by atoms with Crippen LogP contribution in [0.3, 0.4) is 0 Å². The molecule has 1 atom stereocenters. The van der Waals surface area contributed by atoms with Gasteiger partial charge in [-0.1, -0.05) is 0 Å². The first-order chi connectivity index (χ1) is 8.66. The quantitative estimate of drug-likeness (QED) is 0.747. The molecule has 18 heavy (non-hydrogen) atoms. The summed E-state index contributed by atoms with van der Waals surface area (Å²) in [5.74, 6) is 0.137. The van der Waals surface area contributed by atoms with Gasteiger partial charge in [-0.05, 0) is 6.07 Å². The Morgan fingerprint density at radius 3 is 2.94 bits per heavy atom. The Labute approximate surface area is 102 Å². The Morgan fingerprint density at radius 2 is 2.22 bits per heavy atom. The lowest BCUT2D eigenvalue weighted by atomic mass is 10.2. The number of imide groups is 1. The summed E-state index contributed by atoms with van der Waals surface area (Å²) >= 11 is 0. The maximum atomic E-state index is 11.8. The van der Waals surface area contributed by atoms with Crippen LogP contribution in [0.5, 0.6) is 0 Å². The van der Waals surface area contributed by atoms with E-state index in [1.807, 2.05) is 0 Å². The first-order valence-electron chi connectivity index (χ1n) is 5.52. The molecule has 0 radical (unpaired) electrons. The molecule has 2 aromatic rings. The summed E-state index contributed by atoms with van der Waals surface area (Å²) < 4.78 is 1.65. The monoisotopic (exact) mass is 245 g/mol. The maximum Gasteiger partial charge on any atom is 0.251 e. The molecule has 1 fully saturated rings. The lowest BCUT2D eigenvalue weighted by molar-refractivity contribution is -0.136. The molecule has 0 saturated carbocycles. The number of hydrogen-bond donors (Lipinski definition) is 1. The van der Waals surface area contributed by atoms with Crippen molar-refractivity contribution in [1.82, 2.24) is 19.5 Å². The van der Waals surface area contributed by atoms with Crippen LogP contribution in [-0.2, 0) is 9.59 Å². The van der Waals surface area contributed by atoms with Gasteiger partial charge in [0.2, 0.25) is 5.91 Å². The first kappa shape index (κ1) is 10.7. The van der Waals surface area contributed by atoms with Crippen LogP contribution >= 0.6 is 0 Å². The molecule has 1 unspecified atom stereocenters. The van der Waals surface area contributed by atoms with Crippen molar-refractivity contribution in [3.8, 4) is 0 Å². The molecule has 0 spiro atoms. The minimum atomic E-state index is -0.545. The highest BCUT2D eigenvalue weighted by Crippen LogP contribution is 2.18. The second-order valence-corrected chi connectivity index (χ2v) is 4.13. The fraction of sp³-hybridized carbons (Fsp3) is 0.273. The normalized spacial score (nSPS) is 19.8. The predicted octanol–water partition coefficient (Wildman–Crippen LogP) is -0.102. The largest absolute Gasteiger partial charge is 0.356 e. The third-order valence-corrected chi connectivity index (χ3v) is 3.02. The third kappa shape index (κ3) is 1.52. The van der Waals surface area contributed by atoms with Gasteiger partial charge in [0.25, 0.3) is 5.91 Å². The minimum absolute atomic E-state index is 0.159. The molecule has 1 aliphatic rings. The molecule has 2 amide bonds. The fourth-order valence-electron chi connectivity index (χ4n) is 2.00. The van der Waals surface area contributed by atoms with Gasteiger partial charge in [0.1, 0.15) is 11.6 Å². The van der Waals surface area contributed by atoms with Crippen molar-refractivity contribution in [1.29, 1.82) is 0 Å². The highest BCUT2D eigenvalue weighted by atomic mass is 16.2. The number of anilines is 1. The zero-order valence-corrected chi connectivity index (χ0v) is 9.70. The second kappa shape index (κ2) is 3.80. The van der Waals surface area contributed by atoms with Gasteiger partial charge < -0.3 is 5.32 Å². The predicted molar refractivity (Wildman–Crippen MR) is 62.8 cm³/mol. The van der Waals surface area contributed by atoms with E-state index in [4.69, 9.17) is 0 Å². The number of carbonyl (C=O) groups is 2. The van der Waals surface area contributed by atoms with Crippen LogP contribution in [0, 0.1) is 0 Å². The number of nitrogens with zero attached hydrogens (tertiary/aromatic N) is 4. The Balaban J connectivity index is 1.91. The van der Waals surface area contributed by atoms with Gasteiger partial charge in [-0.25, -0.2) is 9.50 Å². The topological polar surface area (TPSA) is 79.6 Å². The molecule has 92 valence electrons. The van der Waals surface area contributed by atoms with Crippen LogP contribution in [0.2, 0.25) is 0 Å². The Bertz CT molecular complexity index is 635. The highest BCUT2D eigenvalue weighted by Gasteiger charge is 2.36. The summed E-state index contributed by atoms with van der Waals surface area (Å²) in [4.78, 5) is 28.5. The maximum absolute atomic E-state index is 11.8. The van der Waals surface area contributed by atoms with E-state index in [0.717, 1.165) is 10.4 Å². The zero-order chi connectivity index (χ0) is 12.7. The zero-order valence-electron chi connectivity index (χ0n) is 9.70. The molecule has 1 saturated heterocycles. The molecule has 3 heterocycles. The van der Waals surface area contributed by atoms with Crippen molar-refractivity contribution in [2.45, 2.75) is 12.5 Å². The van der Waals surface area contributed by atoms with Crippen LogP contribution in [0.4, 0.5) is 5.82 Å². The van der Waals surface area contributed by atoms with E-state index in [0.29, 0.717) is 5.82 Å². The second-order valence-electron chi connectivity index (χ2n) is 4.13. The van der Waals surface area contributed by atoms with Gasteiger partial charge in [0.05, 0.1) is 12.6 Å². The van der Waals surface area contributed by atoms with Crippen molar-refractivity contribution >= 4 is 23.1 Å². The summed E-state index contributed by atoms with van der Waals surface area (Å²) in [5.41, 5.74) is 0.771. The van der Waals surface area contributed by atoms with E-state index in [1.165, 1.54) is 7.05 Å². The summed E-state index contributed by atoms with van der Waals surface area (Å²) in [7, 11) is 1.49. The van der Waals surface area contributed by atoms with Gasteiger partial charge in [-0.3, -0.25) is 14.5 Å². The van der Waals surface area contributed by atoms with E-state index in [1.54, 1.807) is 29.2 Å². The van der Waals surface area contributed by atoms with Crippen molar-refractivity contribution < 1.29 is 9.59 Å². The van der Waals surface area contributed by atoms with Crippen LogP contribution in [0.1, 0.15) is 6.42 Å². The molecule has 3 rings (SSSR count). The van der Waals surface area contributed by atoms with Gasteiger partial charge in [0, 0.05) is 19.4 Å². The standard InChI is InChI=1S/C11H11N5O2/c1-15-9(17)6-7(11(15)18)14-10-8-2-3-13-16(8)5-4-12-10/h2-5,7H,6H2,1H3,(H,12,14). The molecule has 7 nitrogen and oxygen atoms in total. The molecule has 0 aliphatic carbocycles. The summed E-state index contributed by atoms with van der Waals surface area (Å²) in [5, 5.41) is 7.07. The smallest absolute Gasteiger partial charge is 0.251 e. The lowest BCUT2D eigenvalue weighted by Crippen LogP contribution is -2.32. The van der Waals surface area contributed by atoms with Crippen LogP contribution in [-0.4, -0.2) is 44.4 Å². The number of amides is 2. The lowest BCUT2D eigenvalue weighted by Gasteiger charge is -2.12. The van der Waals surface area contributed by atoms with E-state index in [9.17, 15) is 9.59 Å². The molecule has 2 aromatic heterocycles. The first-order valence-corrected chi connectivity index (χ1v) is 5.52. The SMILES string of the molecule is CN1C(=O)CC(Nc2nccn3nccc23)C1=O. The average Bonchev–Trinajstić information content (AvgIpc) is 2.92. The Hall–Kier alpha value is -2.44. The molecular formula is C11H11N5O2. The Morgan fingerprint density at radius 1 is 1.39 bits per heavy atom. The highest BCUT2D eigenvalue weighted by molar-refractivity contribution is 6.06. The van der Waals surface area contributed by atoms with Crippen molar-refractivity contribution in [2.24, 2.45) is 0 Å². The van der Waals surface area contributed by atoms with Crippen molar-refractivity contribution in [3.05, 3.63) is 24.7 Å². The molecular weight excluding hydrogens is 234 g/mol. The number of fused-ring (bicyclic) bond motifs is 1. The van der Waals surface area contributed by atoms with Crippen LogP contribution < -0.4 is 5.32 Å². The molecule has 0 bridgehead atoms. The average molecular weight is 245 g/mol. The summed E-state index contributed by atoms with van der Waals surface area (Å²) in [6.45, 7) is 0. The fourth-order valence-corrected chi connectivity index (χ4v) is 2.00. The molecule has 1 N–H and O–H groups in total. The van der Waals surface area contributed by atoms with Crippen LogP contribution in [0.15, 0.2) is 24.7 Å². The number of likely N-dealkylation sites (tertiary alicyclic amines) is 1. The van der Waals surface area contributed by atoms with Gasteiger partial charge in [0.15, 0.2) is 5.82 Å². The number of nitrogens with one attached hydrogen (secondary N) is 1. The van der Waals surface area contributed by atoms with E-state index in [-0.39, 0.29) is 18.2 Å². The van der Waals surface area contributed by atoms with Gasteiger partial charge >= 0.3 is 0 Å². The van der Waals surface area contributed by atoms with Gasteiger partial charge in [-0.15, -0.1) is 0 Å². The van der Waals surface area contributed by atoms with E-state index >= 15 is 0 Å². The Kier molecular flexibility index (Phi) is 2.26. The number of carbonyl (C=O) groups excluding carboxylic acids is 2. The van der Waals surface area contributed by atoms with E-state index in [2.05, 4.69) is 15.4 Å². The number of hydrogen-bond acceptors (Lipinski definition) is 5. The number of likely N-dealkylation sites (N-methyl/N-ethyl adjacent to an activating group) is 1. The van der Waals surface area contributed by atoms with Crippen molar-refractivity contribution in [3.63, 3.8) is 0 Å². The minimum Gasteiger partial charge on any atom is -0.356 e. The molecule has 1 aliphatic heterocycles. The number of aromatic nitrogens is 3. The van der Waals surface area contributed by atoms with Crippen LogP contribution in [0.25, 0.3) is 5.52 Å². The molecule has 7 heteroatoms. The van der Waals surface area contributed by atoms with Crippen molar-refractivity contribution in [2.75, 3.05) is 12.4 Å². The summed E-state index contributed by atoms with van der Waals surface area (Å²) in [6.07, 6.45) is 5.11.